The van der Waals surface area contributed by atoms with Gasteiger partial charge in [0.05, 0.1) is 26.2 Å². The van der Waals surface area contributed by atoms with Crippen LogP contribution in [0, 0.1) is 5.92 Å². The normalized spacial score (nSPS) is 12.5. The van der Waals surface area contributed by atoms with Gasteiger partial charge in [-0.05, 0) is 23.6 Å². The van der Waals surface area contributed by atoms with Crippen LogP contribution in [0.15, 0.2) is 30.7 Å². The van der Waals surface area contributed by atoms with Gasteiger partial charge in [0.25, 0.3) is 0 Å². The minimum absolute atomic E-state index is 0.0207. The standard InChI is InChI=1S/C16H23N3O2/c1-11(2)16(17)13-8-18-10-19(13)9-12-5-6-14(20-3)15(7-12)21-4/h5-8,10-11,16H,9,17H2,1-4H3. The summed E-state index contributed by atoms with van der Waals surface area (Å²) in [6.45, 7) is 4.92. The van der Waals surface area contributed by atoms with Crippen molar-refractivity contribution >= 4 is 0 Å². The van der Waals surface area contributed by atoms with Gasteiger partial charge in [0.2, 0.25) is 0 Å². The Morgan fingerprint density at radius 1 is 1.19 bits per heavy atom. The van der Waals surface area contributed by atoms with Gasteiger partial charge in [-0.25, -0.2) is 4.98 Å². The zero-order valence-corrected chi connectivity index (χ0v) is 13.0. The molecule has 1 atom stereocenters. The second-order valence-corrected chi connectivity index (χ2v) is 5.41. The van der Waals surface area contributed by atoms with Crippen molar-refractivity contribution in [3.8, 4) is 11.5 Å². The van der Waals surface area contributed by atoms with Crippen molar-refractivity contribution in [2.45, 2.75) is 26.4 Å². The van der Waals surface area contributed by atoms with Crippen LogP contribution >= 0.6 is 0 Å². The monoisotopic (exact) mass is 289 g/mol. The van der Waals surface area contributed by atoms with Crippen molar-refractivity contribution < 1.29 is 9.47 Å². The molecule has 0 aliphatic rings. The molecule has 0 aliphatic heterocycles. The SMILES string of the molecule is COc1ccc(Cn2cncc2C(N)C(C)C)cc1OC. The molecule has 0 saturated heterocycles. The van der Waals surface area contributed by atoms with Gasteiger partial charge in [0, 0.05) is 18.8 Å². The number of methoxy groups -OCH3 is 2. The highest BCUT2D eigenvalue weighted by atomic mass is 16.5. The highest BCUT2D eigenvalue weighted by molar-refractivity contribution is 5.43. The predicted octanol–water partition coefficient (Wildman–Crippen LogP) is 2.60. The lowest BCUT2D eigenvalue weighted by Gasteiger charge is -2.18. The number of aromatic nitrogens is 2. The lowest BCUT2D eigenvalue weighted by atomic mass is 10.0. The summed E-state index contributed by atoms with van der Waals surface area (Å²) in [5.41, 5.74) is 8.39. The average Bonchev–Trinajstić information content (AvgIpc) is 2.94. The quantitative estimate of drug-likeness (QED) is 0.888. The summed E-state index contributed by atoms with van der Waals surface area (Å²) in [6.07, 6.45) is 3.65. The molecule has 0 saturated carbocycles. The molecular formula is C16H23N3O2. The van der Waals surface area contributed by atoms with E-state index in [-0.39, 0.29) is 6.04 Å². The smallest absolute Gasteiger partial charge is 0.161 e. The number of rotatable bonds is 6. The maximum absolute atomic E-state index is 6.23. The van der Waals surface area contributed by atoms with Gasteiger partial charge in [-0.1, -0.05) is 19.9 Å². The van der Waals surface area contributed by atoms with E-state index in [1.807, 2.05) is 30.7 Å². The van der Waals surface area contributed by atoms with E-state index in [0.29, 0.717) is 12.5 Å². The fraction of sp³-hybridized carbons (Fsp3) is 0.438. The highest BCUT2D eigenvalue weighted by Gasteiger charge is 2.15. The minimum Gasteiger partial charge on any atom is -0.493 e. The molecule has 5 heteroatoms. The Kier molecular flexibility index (Phi) is 4.85. The molecule has 114 valence electrons. The van der Waals surface area contributed by atoms with Crippen LogP contribution in [0.5, 0.6) is 11.5 Å². The average molecular weight is 289 g/mol. The number of nitrogens with zero attached hydrogens (tertiary/aromatic N) is 2. The Labute approximate surface area is 125 Å². The molecule has 0 aliphatic carbocycles. The van der Waals surface area contributed by atoms with E-state index in [1.165, 1.54) is 0 Å². The maximum atomic E-state index is 6.23. The molecule has 1 aromatic heterocycles. The second-order valence-electron chi connectivity index (χ2n) is 5.41. The number of hydrogen-bond acceptors (Lipinski definition) is 4. The molecule has 21 heavy (non-hydrogen) atoms. The third kappa shape index (κ3) is 3.36. The first kappa shape index (κ1) is 15.4. The Hall–Kier alpha value is -2.01. The lowest BCUT2D eigenvalue weighted by Crippen LogP contribution is -2.20. The molecule has 1 unspecified atom stereocenters. The zero-order chi connectivity index (χ0) is 15.4. The summed E-state index contributed by atoms with van der Waals surface area (Å²) in [5, 5.41) is 0. The van der Waals surface area contributed by atoms with Gasteiger partial charge in [-0.2, -0.15) is 0 Å². The molecule has 0 radical (unpaired) electrons. The van der Waals surface area contributed by atoms with Crippen LogP contribution < -0.4 is 15.2 Å². The van der Waals surface area contributed by atoms with Crippen molar-refractivity contribution in [2.75, 3.05) is 14.2 Å². The number of hydrogen-bond donors (Lipinski definition) is 1. The Bertz CT molecular complexity index is 593. The summed E-state index contributed by atoms with van der Waals surface area (Å²) in [6, 6.07) is 5.88. The molecule has 1 aromatic carbocycles. The molecule has 2 N–H and O–H groups in total. The van der Waals surface area contributed by atoms with Gasteiger partial charge < -0.3 is 19.8 Å². The van der Waals surface area contributed by atoms with Gasteiger partial charge in [0.1, 0.15) is 0 Å². The van der Waals surface area contributed by atoms with Gasteiger partial charge in [-0.3, -0.25) is 0 Å². The molecule has 0 amide bonds. The second kappa shape index (κ2) is 6.63. The number of benzene rings is 1. The molecule has 1 heterocycles. The minimum atomic E-state index is -0.0207. The fourth-order valence-electron chi connectivity index (χ4n) is 2.26. The Balaban J connectivity index is 2.25. The van der Waals surface area contributed by atoms with E-state index in [2.05, 4.69) is 23.4 Å². The van der Waals surface area contributed by atoms with Crippen LogP contribution in [0.1, 0.15) is 31.1 Å². The van der Waals surface area contributed by atoms with Crippen molar-refractivity contribution in [3.05, 3.63) is 42.0 Å². The summed E-state index contributed by atoms with van der Waals surface area (Å²) in [7, 11) is 3.27. The van der Waals surface area contributed by atoms with Crippen molar-refractivity contribution in [3.63, 3.8) is 0 Å². The number of imidazole rings is 1. The fourth-order valence-corrected chi connectivity index (χ4v) is 2.26. The lowest BCUT2D eigenvalue weighted by molar-refractivity contribution is 0.354. The van der Waals surface area contributed by atoms with E-state index in [0.717, 1.165) is 22.8 Å². The molecular weight excluding hydrogens is 266 g/mol. The van der Waals surface area contributed by atoms with Crippen LogP contribution in [0.3, 0.4) is 0 Å². The van der Waals surface area contributed by atoms with Crippen LogP contribution in [0.25, 0.3) is 0 Å². The Morgan fingerprint density at radius 3 is 2.52 bits per heavy atom. The van der Waals surface area contributed by atoms with E-state index >= 15 is 0 Å². The molecule has 2 rings (SSSR count). The molecule has 0 fully saturated rings. The topological polar surface area (TPSA) is 62.3 Å². The third-order valence-corrected chi connectivity index (χ3v) is 3.61. The van der Waals surface area contributed by atoms with Gasteiger partial charge in [0.15, 0.2) is 11.5 Å². The predicted molar refractivity (Wildman–Crippen MR) is 82.6 cm³/mol. The number of ether oxygens (including phenoxy) is 2. The van der Waals surface area contributed by atoms with Crippen molar-refractivity contribution in [2.24, 2.45) is 11.7 Å². The van der Waals surface area contributed by atoms with E-state index in [9.17, 15) is 0 Å². The first-order valence-corrected chi connectivity index (χ1v) is 7.03. The molecule has 0 spiro atoms. The van der Waals surface area contributed by atoms with E-state index < -0.39 is 0 Å². The Morgan fingerprint density at radius 2 is 1.90 bits per heavy atom. The molecule has 5 nitrogen and oxygen atoms in total. The molecule has 2 aromatic rings. The van der Waals surface area contributed by atoms with Crippen molar-refractivity contribution in [1.29, 1.82) is 0 Å². The largest absolute Gasteiger partial charge is 0.493 e. The summed E-state index contributed by atoms with van der Waals surface area (Å²) in [4.78, 5) is 4.23. The van der Waals surface area contributed by atoms with Crippen LogP contribution in [0.2, 0.25) is 0 Å². The zero-order valence-electron chi connectivity index (χ0n) is 13.0. The van der Waals surface area contributed by atoms with Gasteiger partial charge >= 0.3 is 0 Å². The van der Waals surface area contributed by atoms with Crippen LogP contribution in [-0.2, 0) is 6.54 Å². The summed E-state index contributed by atoms with van der Waals surface area (Å²) >= 11 is 0. The third-order valence-electron chi connectivity index (χ3n) is 3.61. The van der Waals surface area contributed by atoms with Gasteiger partial charge in [-0.15, -0.1) is 0 Å². The van der Waals surface area contributed by atoms with Crippen molar-refractivity contribution in [1.82, 2.24) is 9.55 Å². The molecule has 0 bridgehead atoms. The van der Waals surface area contributed by atoms with Crippen LogP contribution in [0.4, 0.5) is 0 Å². The van der Waals surface area contributed by atoms with E-state index in [4.69, 9.17) is 15.2 Å². The number of nitrogens with two attached hydrogens (primary N) is 1. The van der Waals surface area contributed by atoms with Crippen LogP contribution in [-0.4, -0.2) is 23.8 Å². The first-order chi connectivity index (χ1) is 10.1. The summed E-state index contributed by atoms with van der Waals surface area (Å²) in [5.74, 6) is 1.82. The van der Waals surface area contributed by atoms with E-state index in [1.54, 1.807) is 14.2 Å². The summed E-state index contributed by atoms with van der Waals surface area (Å²) < 4.78 is 12.7. The first-order valence-electron chi connectivity index (χ1n) is 7.03. The maximum Gasteiger partial charge on any atom is 0.161 e. The highest BCUT2D eigenvalue weighted by Crippen LogP contribution is 2.28.